The van der Waals surface area contributed by atoms with Crippen LogP contribution in [0.2, 0.25) is 0 Å². The molecule has 0 saturated carbocycles. The molecule has 0 aliphatic carbocycles. The van der Waals surface area contributed by atoms with Gasteiger partial charge in [-0.1, -0.05) is 61.4 Å². The molecule has 7 heteroatoms. The highest BCUT2D eigenvalue weighted by Crippen LogP contribution is 2.53. The molecular weight excluding hydrogens is 471 g/mol. The van der Waals surface area contributed by atoms with Gasteiger partial charge in [-0.05, 0) is 43.2 Å². The van der Waals surface area contributed by atoms with E-state index in [1.54, 1.807) is 17.0 Å². The first-order valence-corrected chi connectivity index (χ1v) is 12.4. The lowest BCUT2D eigenvalue weighted by Crippen LogP contribution is -2.53. The van der Waals surface area contributed by atoms with Crippen LogP contribution in [-0.2, 0) is 16.9 Å². The maximum Gasteiger partial charge on any atom is 0.291 e. The first-order chi connectivity index (χ1) is 17.9. The van der Waals surface area contributed by atoms with Crippen molar-refractivity contribution in [1.29, 1.82) is 0 Å². The van der Waals surface area contributed by atoms with Crippen molar-refractivity contribution in [2.24, 2.45) is 0 Å². The number of nitrogens with zero attached hydrogens (tertiary/aromatic N) is 2. The van der Waals surface area contributed by atoms with Crippen LogP contribution in [0.4, 0.5) is 10.1 Å². The maximum absolute atomic E-state index is 14.6. The first-order valence-electron chi connectivity index (χ1n) is 12.4. The van der Waals surface area contributed by atoms with Crippen LogP contribution in [0.15, 0.2) is 75.9 Å². The van der Waals surface area contributed by atoms with E-state index in [-0.39, 0.29) is 41.3 Å². The largest absolute Gasteiger partial charge is 0.450 e. The molecule has 0 bridgehead atoms. The number of hydrogen-bond donors (Lipinski definition) is 0. The molecule has 1 spiro atoms. The molecule has 6 nitrogen and oxygen atoms in total. The molecule has 1 aromatic heterocycles. The third-order valence-corrected chi connectivity index (χ3v) is 7.39. The second kappa shape index (κ2) is 8.40. The van der Waals surface area contributed by atoms with Gasteiger partial charge in [-0.2, -0.15) is 0 Å². The fourth-order valence-corrected chi connectivity index (χ4v) is 5.61. The quantitative estimate of drug-likeness (QED) is 0.377. The summed E-state index contributed by atoms with van der Waals surface area (Å²) >= 11 is 0. The lowest BCUT2D eigenvalue weighted by Gasteiger charge is -2.34. The van der Waals surface area contributed by atoms with Crippen molar-refractivity contribution in [1.82, 2.24) is 4.90 Å². The van der Waals surface area contributed by atoms with Gasteiger partial charge < -0.3 is 14.2 Å². The SMILES string of the molecule is CCCCN1C(=O)c2oc3ccc(F)cc3c(=O)c2C12C(=O)N(Cc1ccc(C)cc1)c1ccccc12. The summed E-state index contributed by atoms with van der Waals surface area (Å²) in [6, 6.07) is 18.8. The van der Waals surface area contributed by atoms with E-state index in [9.17, 15) is 18.8 Å². The van der Waals surface area contributed by atoms with Crippen LogP contribution in [0.3, 0.4) is 0 Å². The van der Waals surface area contributed by atoms with E-state index in [2.05, 4.69) is 0 Å². The summed E-state index contributed by atoms with van der Waals surface area (Å²) in [5, 5.41) is 0.00512. The number of aryl methyl sites for hydroxylation is 1. The fraction of sp³-hybridized carbons (Fsp3) is 0.233. The Balaban J connectivity index is 1.64. The van der Waals surface area contributed by atoms with Gasteiger partial charge in [-0.25, -0.2) is 4.39 Å². The number of carbonyl (C=O) groups excluding carboxylic acids is 2. The minimum absolute atomic E-state index is 0.00512. The number of halogens is 1. The average molecular weight is 497 g/mol. The average Bonchev–Trinajstić information content (AvgIpc) is 3.29. The zero-order valence-corrected chi connectivity index (χ0v) is 20.6. The molecule has 0 saturated heterocycles. The number of anilines is 1. The Morgan fingerprint density at radius 1 is 0.973 bits per heavy atom. The van der Waals surface area contributed by atoms with Gasteiger partial charge in [0.1, 0.15) is 11.4 Å². The highest BCUT2D eigenvalue weighted by molar-refractivity contribution is 6.17. The van der Waals surface area contributed by atoms with Gasteiger partial charge in [-0.15, -0.1) is 0 Å². The molecule has 2 aliphatic heterocycles. The van der Waals surface area contributed by atoms with Gasteiger partial charge in [0, 0.05) is 12.1 Å². The minimum atomic E-state index is -1.68. The summed E-state index contributed by atoms with van der Waals surface area (Å²) in [7, 11) is 0. The second-order valence-corrected chi connectivity index (χ2v) is 9.69. The zero-order chi connectivity index (χ0) is 25.9. The van der Waals surface area contributed by atoms with E-state index in [1.807, 2.05) is 50.2 Å². The lowest BCUT2D eigenvalue weighted by molar-refractivity contribution is -0.126. The summed E-state index contributed by atoms with van der Waals surface area (Å²) in [6.07, 6.45) is 1.42. The fourth-order valence-electron chi connectivity index (χ4n) is 5.61. The highest BCUT2D eigenvalue weighted by Gasteiger charge is 2.64. The molecule has 37 heavy (non-hydrogen) atoms. The Morgan fingerprint density at radius 2 is 1.73 bits per heavy atom. The van der Waals surface area contributed by atoms with E-state index in [0.717, 1.165) is 23.6 Å². The third-order valence-electron chi connectivity index (χ3n) is 7.39. The number of benzene rings is 3. The van der Waals surface area contributed by atoms with Crippen LogP contribution in [0.5, 0.6) is 0 Å². The molecule has 2 aliphatic rings. The van der Waals surface area contributed by atoms with Crippen LogP contribution >= 0.6 is 0 Å². The number of para-hydroxylation sites is 1. The molecule has 0 N–H and O–H groups in total. The van der Waals surface area contributed by atoms with Crippen molar-refractivity contribution in [3.63, 3.8) is 0 Å². The molecule has 0 fully saturated rings. The smallest absolute Gasteiger partial charge is 0.291 e. The number of unbranched alkanes of at least 4 members (excludes halogenated alkanes) is 1. The van der Waals surface area contributed by atoms with Crippen molar-refractivity contribution in [3.05, 3.63) is 111 Å². The van der Waals surface area contributed by atoms with Crippen molar-refractivity contribution in [2.75, 3.05) is 11.4 Å². The van der Waals surface area contributed by atoms with E-state index in [4.69, 9.17) is 4.42 Å². The van der Waals surface area contributed by atoms with E-state index in [1.165, 1.54) is 17.0 Å². The van der Waals surface area contributed by atoms with Gasteiger partial charge in [-0.3, -0.25) is 14.4 Å². The van der Waals surface area contributed by atoms with Gasteiger partial charge >= 0.3 is 0 Å². The van der Waals surface area contributed by atoms with Crippen molar-refractivity contribution in [2.45, 2.75) is 38.8 Å². The number of amides is 2. The van der Waals surface area contributed by atoms with Crippen LogP contribution in [0.25, 0.3) is 11.0 Å². The van der Waals surface area contributed by atoms with E-state index in [0.29, 0.717) is 17.7 Å². The van der Waals surface area contributed by atoms with Crippen LogP contribution in [0, 0.1) is 12.7 Å². The maximum atomic E-state index is 14.6. The van der Waals surface area contributed by atoms with Gasteiger partial charge in [0.25, 0.3) is 11.8 Å². The van der Waals surface area contributed by atoms with Crippen molar-refractivity contribution in [3.8, 4) is 0 Å². The number of hydrogen-bond acceptors (Lipinski definition) is 4. The first kappa shape index (κ1) is 23.2. The summed E-state index contributed by atoms with van der Waals surface area (Å²) in [5.41, 5.74) is 1.05. The predicted molar refractivity (Wildman–Crippen MR) is 138 cm³/mol. The zero-order valence-electron chi connectivity index (χ0n) is 20.6. The molecule has 3 heterocycles. The van der Waals surface area contributed by atoms with Crippen LogP contribution in [0.1, 0.15) is 52.6 Å². The Kier molecular flexibility index (Phi) is 5.26. The summed E-state index contributed by atoms with van der Waals surface area (Å²) in [4.78, 5) is 45.5. The van der Waals surface area contributed by atoms with Gasteiger partial charge in [0.15, 0.2) is 11.0 Å². The van der Waals surface area contributed by atoms with E-state index < -0.39 is 22.7 Å². The van der Waals surface area contributed by atoms with Gasteiger partial charge in [0.2, 0.25) is 5.76 Å². The van der Waals surface area contributed by atoms with Crippen LogP contribution < -0.4 is 10.3 Å². The molecule has 1 atom stereocenters. The molecule has 6 rings (SSSR count). The molecule has 1 unspecified atom stereocenters. The lowest BCUT2D eigenvalue weighted by atomic mass is 9.84. The number of rotatable bonds is 5. The van der Waals surface area contributed by atoms with Crippen LogP contribution in [-0.4, -0.2) is 23.3 Å². The second-order valence-electron chi connectivity index (χ2n) is 9.69. The molecule has 2 amide bonds. The summed E-state index contributed by atoms with van der Waals surface area (Å²) < 4.78 is 20.1. The van der Waals surface area contributed by atoms with E-state index >= 15 is 0 Å². The Hall–Kier alpha value is -4.26. The Bertz CT molecular complexity index is 1640. The monoisotopic (exact) mass is 496 g/mol. The third kappa shape index (κ3) is 3.19. The Labute approximate surface area is 212 Å². The van der Waals surface area contributed by atoms with Gasteiger partial charge in [0.05, 0.1) is 23.2 Å². The number of carbonyl (C=O) groups is 2. The number of fused-ring (bicyclic) bond motifs is 5. The molecule has 3 aromatic carbocycles. The topological polar surface area (TPSA) is 70.8 Å². The molecule has 186 valence electrons. The predicted octanol–water partition coefficient (Wildman–Crippen LogP) is 5.29. The summed E-state index contributed by atoms with van der Waals surface area (Å²) in [5.74, 6) is -1.65. The Morgan fingerprint density at radius 3 is 2.49 bits per heavy atom. The van der Waals surface area contributed by atoms with Crippen molar-refractivity contribution >= 4 is 28.5 Å². The standard InChI is InChI=1S/C30H25FN2O4/c1-3-4-15-33-28(35)27-25(26(34)21-16-20(31)13-14-24(21)37-27)30(33)22-7-5-6-8-23(22)32(29(30)36)17-19-11-9-18(2)10-12-19/h5-14,16H,3-4,15,17H2,1-2H3. The molecule has 4 aromatic rings. The minimum Gasteiger partial charge on any atom is -0.450 e. The highest BCUT2D eigenvalue weighted by atomic mass is 19.1. The summed E-state index contributed by atoms with van der Waals surface area (Å²) in [6.45, 7) is 4.53. The normalized spacial score (nSPS) is 18.2. The molecular formula is C30H25FN2O4. The molecule has 0 radical (unpaired) electrons. The van der Waals surface area contributed by atoms with Crippen molar-refractivity contribution < 1.29 is 18.4 Å².